The average Bonchev–Trinajstić information content (AvgIpc) is 2.66. The predicted octanol–water partition coefficient (Wildman–Crippen LogP) is 7.48. The molecule has 4 rings (SSSR count). The zero-order valence-electron chi connectivity index (χ0n) is 23.7. The molecule has 2 aromatic carbocycles. The summed E-state index contributed by atoms with van der Waals surface area (Å²) in [6.07, 6.45) is 8.38. The second-order valence-corrected chi connectivity index (χ2v) is 14.6. The Morgan fingerprint density at radius 3 is 1.03 bits per heavy atom. The van der Waals surface area contributed by atoms with Gasteiger partial charge in [0, 0.05) is 22.2 Å². The maximum atomic E-state index is 3.82. The second kappa shape index (κ2) is 9.67. The highest BCUT2D eigenvalue weighted by Crippen LogP contribution is 2.36. The molecule has 0 aliphatic carbocycles. The standard InChI is InChI=1S/C33H50N2/c1-30(2)20-28(21-31(3,4)34-30)18-26-13-9-24(10-14-26)17-25-11-15-27(16-12-25)19-29-22-32(5,6)35-33(7,8)23-29/h9-16,28-29,34-35H,17-23H2,1-8H3. The first-order valence-corrected chi connectivity index (χ1v) is 13.9. The summed E-state index contributed by atoms with van der Waals surface area (Å²) in [4.78, 5) is 0. The van der Waals surface area contributed by atoms with E-state index in [1.54, 1.807) is 0 Å². The van der Waals surface area contributed by atoms with Crippen LogP contribution in [0.15, 0.2) is 48.5 Å². The third-order valence-electron chi connectivity index (χ3n) is 8.05. The molecule has 0 saturated carbocycles. The Morgan fingerprint density at radius 2 is 0.743 bits per heavy atom. The van der Waals surface area contributed by atoms with Crippen LogP contribution >= 0.6 is 0 Å². The van der Waals surface area contributed by atoms with Crippen LogP contribution in [0.3, 0.4) is 0 Å². The molecule has 0 amide bonds. The Balaban J connectivity index is 1.32. The van der Waals surface area contributed by atoms with Gasteiger partial charge in [-0.05, 0) is 134 Å². The first kappa shape index (κ1) is 26.4. The Kier molecular flexibility index (Phi) is 7.30. The van der Waals surface area contributed by atoms with Crippen molar-refractivity contribution < 1.29 is 0 Å². The number of benzene rings is 2. The third kappa shape index (κ3) is 7.67. The first-order valence-electron chi connectivity index (χ1n) is 13.9. The predicted molar refractivity (Wildman–Crippen MR) is 151 cm³/mol. The van der Waals surface area contributed by atoms with Crippen LogP contribution in [0.5, 0.6) is 0 Å². The molecule has 2 nitrogen and oxygen atoms in total. The second-order valence-electron chi connectivity index (χ2n) is 14.6. The van der Waals surface area contributed by atoms with E-state index in [9.17, 15) is 0 Å². The zero-order valence-corrected chi connectivity index (χ0v) is 23.7. The fraction of sp³-hybridized carbons (Fsp3) is 0.636. The molecule has 0 unspecified atom stereocenters. The molecule has 2 fully saturated rings. The summed E-state index contributed by atoms with van der Waals surface area (Å²) < 4.78 is 0. The molecule has 2 N–H and O–H groups in total. The van der Waals surface area contributed by atoms with Crippen LogP contribution in [-0.4, -0.2) is 22.2 Å². The van der Waals surface area contributed by atoms with Gasteiger partial charge in [-0.3, -0.25) is 0 Å². The minimum atomic E-state index is 0.221. The van der Waals surface area contributed by atoms with Crippen molar-refractivity contribution in [3.05, 3.63) is 70.8 Å². The van der Waals surface area contributed by atoms with Gasteiger partial charge in [0.1, 0.15) is 0 Å². The maximum absolute atomic E-state index is 3.82. The number of hydrogen-bond acceptors (Lipinski definition) is 2. The van der Waals surface area contributed by atoms with E-state index in [1.165, 1.54) is 60.8 Å². The van der Waals surface area contributed by atoms with Crippen molar-refractivity contribution in [3.8, 4) is 0 Å². The minimum absolute atomic E-state index is 0.221. The molecule has 0 spiro atoms. The molecular weight excluding hydrogens is 424 g/mol. The topological polar surface area (TPSA) is 24.1 Å². The van der Waals surface area contributed by atoms with E-state index in [-0.39, 0.29) is 22.2 Å². The van der Waals surface area contributed by atoms with Gasteiger partial charge in [-0.25, -0.2) is 0 Å². The maximum Gasteiger partial charge on any atom is 0.0132 e. The van der Waals surface area contributed by atoms with Crippen molar-refractivity contribution in [2.24, 2.45) is 11.8 Å². The van der Waals surface area contributed by atoms with E-state index in [4.69, 9.17) is 0 Å². The molecular formula is C33H50N2. The summed E-state index contributed by atoms with van der Waals surface area (Å²) in [5.74, 6) is 1.49. The molecule has 2 saturated heterocycles. The van der Waals surface area contributed by atoms with Gasteiger partial charge < -0.3 is 10.6 Å². The quantitative estimate of drug-likeness (QED) is 0.453. The highest BCUT2D eigenvalue weighted by molar-refractivity contribution is 5.31. The Labute approximate surface area is 215 Å². The van der Waals surface area contributed by atoms with Crippen molar-refractivity contribution in [1.29, 1.82) is 0 Å². The molecule has 0 bridgehead atoms. The molecule has 2 heterocycles. The minimum Gasteiger partial charge on any atom is -0.307 e. The van der Waals surface area contributed by atoms with Crippen LogP contribution in [0, 0.1) is 11.8 Å². The molecule has 2 aromatic rings. The van der Waals surface area contributed by atoms with E-state index in [1.807, 2.05) is 0 Å². The van der Waals surface area contributed by atoms with Gasteiger partial charge in [0.25, 0.3) is 0 Å². The summed E-state index contributed by atoms with van der Waals surface area (Å²) in [6.45, 7) is 18.8. The smallest absolute Gasteiger partial charge is 0.0132 e. The number of piperidine rings is 2. The van der Waals surface area contributed by atoms with Gasteiger partial charge in [-0.1, -0.05) is 48.5 Å². The summed E-state index contributed by atoms with van der Waals surface area (Å²) in [6, 6.07) is 18.9. The van der Waals surface area contributed by atoms with Crippen molar-refractivity contribution in [3.63, 3.8) is 0 Å². The van der Waals surface area contributed by atoms with Crippen LogP contribution in [-0.2, 0) is 19.3 Å². The lowest BCUT2D eigenvalue weighted by atomic mass is 9.74. The van der Waals surface area contributed by atoms with Gasteiger partial charge in [-0.15, -0.1) is 0 Å². The SMILES string of the molecule is CC1(C)CC(Cc2ccc(Cc3ccc(CC4CC(C)(C)NC(C)(C)C4)cc3)cc2)CC(C)(C)N1. The zero-order chi connectivity index (χ0) is 25.5. The summed E-state index contributed by atoms with van der Waals surface area (Å²) in [5, 5.41) is 7.63. The lowest BCUT2D eigenvalue weighted by Crippen LogP contribution is -2.58. The summed E-state index contributed by atoms with van der Waals surface area (Å²) >= 11 is 0. The number of nitrogens with one attached hydrogen (secondary N) is 2. The summed E-state index contributed by atoms with van der Waals surface area (Å²) in [7, 11) is 0. The fourth-order valence-corrected chi connectivity index (χ4v) is 7.84. The number of rotatable bonds is 6. The van der Waals surface area contributed by atoms with Gasteiger partial charge in [0.15, 0.2) is 0 Å². The molecule has 35 heavy (non-hydrogen) atoms. The Bertz CT molecular complexity index is 865. The molecule has 0 atom stereocenters. The van der Waals surface area contributed by atoms with Crippen molar-refractivity contribution in [2.75, 3.05) is 0 Å². The van der Waals surface area contributed by atoms with Crippen molar-refractivity contribution in [2.45, 2.75) is 122 Å². The molecule has 192 valence electrons. The average molecular weight is 475 g/mol. The first-order chi connectivity index (χ1) is 16.2. The third-order valence-corrected chi connectivity index (χ3v) is 8.05. The molecule has 0 aromatic heterocycles. The molecule has 2 heteroatoms. The van der Waals surface area contributed by atoms with Gasteiger partial charge in [0.2, 0.25) is 0 Å². The molecule has 0 radical (unpaired) electrons. The number of hydrogen-bond donors (Lipinski definition) is 2. The van der Waals surface area contributed by atoms with E-state index in [2.05, 4.69) is 115 Å². The van der Waals surface area contributed by atoms with Crippen LogP contribution in [0.25, 0.3) is 0 Å². The lowest BCUT2D eigenvalue weighted by Gasteiger charge is -2.46. The van der Waals surface area contributed by atoms with Crippen LogP contribution in [0.4, 0.5) is 0 Å². The van der Waals surface area contributed by atoms with E-state index in [0.717, 1.165) is 18.3 Å². The largest absolute Gasteiger partial charge is 0.307 e. The van der Waals surface area contributed by atoms with Crippen LogP contribution in [0.1, 0.15) is 103 Å². The highest BCUT2D eigenvalue weighted by Gasteiger charge is 2.38. The Morgan fingerprint density at radius 1 is 0.486 bits per heavy atom. The monoisotopic (exact) mass is 474 g/mol. The van der Waals surface area contributed by atoms with Gasteiger partial charge in [0.05, 0.1) is 0 Å². The highest BCUT2D eigenvalue weighted by atomic mass is 15.1. The van der Waals surface area contributed by atoms with Crippen molar-refractivity contribution in [1.82, 2.24) is 10.6 Å². The van der Waals surface area contributed by atoms with Gasteiger partial charge >= 0.3 is 0 Å². The Hall–Kier alpha value is -1.64. The normalized spacial score (nSPS) is 23.8. The summed E-state index contributed by atoms with van der Waals surface area (Å²) in [5.41, 5.74) is 6.67. The van der Waals surface area contributed by atoms with E-state index < -0.39 is 0 Å². The van der Waals surface area contributed by atoms with E-state index >= 15 is 0 Å². The van der Waals surface area contributed by atoms with E-state index in [0.29, 0.717) is 0 Å². The van der Waals surface area contributed by atoms with Crippen LogP contribution < -0.4 is 10.6 Å². The van der Waals surface area contributed by atoms with Crippen LogP contribution in [0.2, 0.25) is 0 Å². The molecule has 2 aliphatic heterocycles. The fourth-order valence-electron chi connectivity index (χ4n) is 7.84. The van der Waals surface area contributed by atoms with Gasteiger partial charge in [-0.2, -0.15) is 0 Å². The molecule has 2 aliphatic rings. The van der Waals surface area contributed by atoms with Crippen molar-refractivity contribution >= 4 is 0 Å². The lowest BCUT2D eigenvalue weighted by molar-refractivity contribution is 0.128.